The summed E-state index contributed by atoms with van der Waals surface area (Å²) >= 11 is 0. The Labute approximate surface area is 111 Å². The van der Waals surface area contributed by atoms with Crippen molar-refractivity contribution in [2.75, 3.05) is 6.61 Å². The number of phenolic OH excluding ortho intramolecular Hbond substituents is 1. The quantitative estimate of drug-likeness (QED) is 0.762. The van der Waals surface area contributed by atoms with E-state index in [1.807, 2.05) is 13.8 Å². The van der Waals surface area contributed by atoms with Gasteiger partial charge in [-0.15, -0.1) is 0 Å². The van der Waals surface area contributed by atoms with Crippen LogP contribution >= 0.6 is 0 Å². The molecule has 2 heteroatoms. The van der Waals surface area contributed by atoms with E-state index in [1.165, 1.54) is 5.56 Å². The van der Waals surface area contributed by atoms with E-state index in [9.17, 15) is 5.11 Å². The Bertz CT molecular complexity index is 408. The van der Waals surface area contributed by atoms with Crippen molar-refractivity contribution in [1.82, 2.24) is 0 Å². The first-order valence-electron chi connectivity index (χ1n) is 7.04. The fraction of sp³-hybridized carbons (Fsp3) is 0.625. The second-order valence-corrected chi connectivity index (χ2v) is 4.79. The number of unbranched alkanes of at least 4 members (excludes halogenated alkanes) is 1. The molecule has 1 aromatic carbocycles. The van der Waals surface area contributed by atoms with Gasteiger partial charge in [-0.1, -0.05) is 27.2 Å². The third-order valence-electron chi connectivity index (χ3n) is 3.63. The molecular formula is C16H26O2. The standard InChI is InChI=1S/C16H26O2/c1-6-9-10-18-16-12(5)11(4)15(17)13(7-2)14(16)8-3/h17H,6-10H2,1-5H3. The van der Waals surface area contributed by atoms with E-state index >= 15 is 0 Å². The Hall–Kier alpha value is -1.18. The van der Waals surface area contributed by atoms with Crippen LogP contribution in [0.15, 0.2) is 0 Å². The molecule has 0 aromatic heterocycles. The second kappa shape index (κ2) is 6.67. The summed E-state index contributed by atoms with van der Waals surface area (Å²) in [6.07, 6.45) is 3.96. The third kappa shape index (κ3) is 2.80. The molecule has 0 fully saturated rings. The molecule has 0 aliphatic rings. The Morgan fingerprint density at radius 3 is 2.06 bits per heavy atom. The molecule has 0 saturated carbocycles. The molecule has 0 amide bonds. The molecule has 0 heterocycles. The van der Waals surface area contributed by atoms with Gasteiger partial charge in [-0.2, -0.15) is 0 Å². The minimum Gasteiger partial charge on any atom is -0.507 e. The van der Waals surface area contributed by atoms with Gasteiger partial charge in [-0.3, -0.25) is 0 Å². The molecule has 18 heavy (non-hydrogen) atoms. The molecule has 1 rings (SSSR count). The van der Waals surface area contributed by atoms with Crippen LogP contribution in [0.4, 0.5) is 0 Å². The molecule has 0 radical (unpaired) electrons. The van der Waals surface area contributed by atoms with Gasteiger partial charge in [-0.25, -0.2) is 0 Å². The number of aromatic hydroxyl groups is 1. The van der Waals surface area contributed by atoms with E-state index < -0.39 is 0 Å². The zero-order valence-electron chi connectivity index (χ0n) is 12.4. The number of rotatable bonds is 6. The van der Waals surface area contributed by atoms with Gasteiger partial charge < -0.3 is 9.84 Å². The summed E-state index contributed by atoms with van der Waals surface area (Å²) in [5.74, 6) is 1.45. The van der Waals surface area contributed by atoms with Crippen molar-refractivity contribution in [3.8, 4) is 11.5 Å². The third-order valence-corrected chi connectivity index (χ3v) is 3.63. The van der Waals surface area contributed by atoms with E-state index in [0.29, 0.717) is 5.75 Å². The summed E-state index contributed by atoms with van der Waals surface area (Å²) in [4.78, 5) is 0. The summed E-state index contributed by atoms with van der Waals surface area (Å²) in [6.45, 7) is 11.1. The highest BCUT2D eigenvalue weighted by molar-refractivity contribution is 5.57. The van der Waals surface area contributed by atoms with Crippen LogP contribution in [-0.2, 0) is 12.8 Å². The van der Waals surface area contributed by atoms with Crippen molar-refractivity contribution >= 4 is 0 Å². The van der Waals surface area contributed by atoms with Crippen molar-refractivity contribution in [1.29, 1.82) is 0 Å². The first-order chi connectivity index (χ1) is 8.58. The predicted molar refractivity (Wildman–Crippen MR) is 76.7 cm³/mol. The van der Waals surface area contributed by atoms with Crippen molar-refractivity contribution in [3.05, 3.63) is 22.3 Å². The summed E-state index contributed by atoms with van der Waals surface area (Å²) in [6, 6.07) is 0. The fourth-order valence-corrected chi connectivity index (χ4v) is 2.35. The molecule has 0 unspecified atom stereocenters. The van der Waals surface area contributed by atoms with E-state index in [-0.39, 0.29) is 0 Å². The van der Waals surface area contributed by atoms with E-state index in [1.54, 1.807) is 0 Å². The lowest BCUT2D eigenvalue weighted by Gasteiger charge is -2.20. The molecule has 0 bridgehead atoms. The normalized spacial score (nSPS) is 10.7. The van der Waals surface area contributed by atoms with Gasteiger partial charge in [0.2, 0.25) is 0 Å². The lowest BCUT2D eigenvalue weighted by Crippen LogP contribution is -2.06. The Kier molecular flexibility index (Phi) is 5.52. The van der Waals surface area contributed by atoms with Gasteiger partial charge in [0.25, 0.3) is 0 Å². The van der Waals surface area contributed by atoms with Crippen molar-refractivity contribution in [2.24, 2.45) is 0 Å². The number of phenols is 1. The van der Waals surface area contributed by atoms with Gasteiger partial charge in [0.1, 0.15) is 11.5 Å². The molecule has 1 N–H and O–H groups in total. The van der Waals surface area contributed by atoms with E-state index in [0.717, 1.165) is 54.7 Å². The van der Waals surface area contributed by atoms with Crippen LogP contribution in [0.3, 0.4) is 0 Å². The Morgan fingerprint density at radius 1 is 0.944 bits per heavy atom. The zero-order valence-corrected chi connectivity index (χ0v) is 12.4. The molecule has 1 aromatic rings. The van der Waals surface area contributed by atoms with Crippen molar-refractivity contribution in [2.45, 2.75) is 60.3 Å². The molecule has 0 aliphatic heterocycles. The maximum atomic E-state index is 10.2. The molecule has 0 spiro atoms. The molecule has 0 aliphatic carbocycles. The molecule has 102 valence electrons. The Balaban J connectivity index is 3.25. The van der Waals surface area contributed by atoms with Crippen LogP contribution in [0.5, 0.6) is 11.5 Å². The molecule has 0 saturated heterocycles. The van der Waals surface area contributed by atoms with Crippen molar-refractivity contribution in [3.63, 3.8) is 0 Å². The number of hydrogen-bond donors (Lipinski definition) is 1. The number of ether oxygens (including phenoxy) is 1. The maximum Gasteiger partial charge on any atom is 0.126 e. The lowest BCUT2D eigenvalue weighted by molar-refractivity contribution is 0.303. The summed E-state index contributed by atoms with van der Waals surface area (Å²) in [5, 5.41) is 10.2. The molecule has 2 nitrogen and oxygen atoms in total. The second-order valence-electron chi connectivity index (χ2n) is 4.79. The zero-order chi connectivity index (χ0) is 13.7. The fourth-order valence-electron chi connectivity index (χ4n) is 2.35. The largest absolute Gasteiger partial charge is 0.507 e. The summed E-state index contributed by atoms with van der Waals surface area (Å²) < 4.78 is 5.97. The molecule has 0 atom stereocenters. The Morgan fingerprint density at radius 2 is 1.56 bits per heavy atom. The number of benzene rings is 1. The van der Waals surface area contributed by atoms with Crippen LogP contribution < -0.4 is 4.74 Å². The highest BCUT2D eigenvalue weighted by Crippen LogP contribution is 2.38. The van der Waals surface area contributed by atoms with E-state index in [2.05, 4.69) is 20.8 Å². The minimum atomic E-state index is 0.453. The van der Waals surface area contributed by atoms with Crippen LogP contribution in [0.25, 0.3) is 0 Å². The van der Waals surface area contributed by atoms with Crippen molar-refractivity contribution < 1.29 is 9.84 Å². The van der Waals surface area contributed by atoms with Gasteiger partial charge in [0, 0.05) is 11.1 Å². The highest BCUT2D eigenvalue weighted by atomic mass is 16.5. The van der Waals surface area contributed by atoms with E-state index in [4.69, 9.17) is 4.74 Å². The molecular weight excluding hydrogens is 224 g/mol. The van der Waals surface area contributed by atoms with Gasteiger partial charge in [-0.05, 0) is 44.2 Å². The predicted octanol–water partition coefficient (Wildman–Crippen LogP) is 4.31. The first kappa shape index (κ1) is 14.9. The van der Waals surface area contributed by atoms with Gasteiger partial charge in [0.05, 0.1) is 6.61 Å². The van der Waals surface area contributed by atoms with Crippen LogP contribution in [0, 0.1) is 13.8 Å². The van der Waals surface area contributed by atoms with Crippen LogP contribution in [0.2, 0.25) is 0 Å². The van der Waals surface area contributed by atoms with Crippen LogP contribution in [-0.4, -0.2) is 11.7 Å². The topological polar surface area (TPSA) is 29.5 Å². The van der Waals surface area contributed by atoms with Gasteiger partial charge in [0.15, 0.2) is 0 Å². The lowest BCUT2D eigenvalue weighted by atomic mass is 9.93. The van der Waals surface area contributed by atoms with Gasteiger partial charge >= 0.3 is 0 Å². The highest BCUT2D eigenvalue weighted by Gasteiger charge is 2.18. The SMILES string of the molecule is CCCCOc1c(C)c(C)c(O)c(CC)c1CC. The average Bonchev–Trinajstić information content (AvgIpc) is 2.38. The number of hydrogen-bond acceptors (Lipinski definition) is 2. The first-order valence-corrected chi connectivity index (χ1v) is 7.04. The van der Waals surface area contributed by atoms with Crippen LogP contribution in [0.1, 0.15) is 55.9 Å². The summed E-state index contributed by atoms with van der Waals surface area (Å²) in [7, 11) is 0. The average molecular weight is 250 g/mol. The smallest absolute Gasteiger partial charge is 0.126 e. The maximum absolute atomic E-state index is 10.2. The summed E-state index contributed by atoms with van der Waals surface area (Å²) in [5.41, 5.74) is 4.26. The monoisotopic (exact) mass is 250 g/mol. The minimum absolute atomic E-state index is 0.453.